The zero-order valence-electron chi connectivity index (χ0n) is 19.0. The molecule has 0 spiro atoms. The summed E-state index contributed by atoms with van der Waals surface area (Å²) in [5.74, 6) is 0.0539. The van der Waals surface area contributed by atoms with Crippen LogP contribution in [0.5, 0.6) is 0 Å². The molecule has 8 heteroatoms. The van der Waals surface area contributed by atoms with E-state index in [2.05, 4.69) is 40.5 Å². The second-order valence-electron chi connectivity index (χ2n) is 8.76. The van der Waals surface area contributed by atoms with E-state index in [4.69, 9.17) is 10.1 Å². The Balaban J connectivity index is 1.39. The van der Waals surface area contributed by atoms with Crippen molar-refractivity contribution in [1.29, 1.82) is 0 Å². The van der Waals surface area contributed by atoms with Crippen LogP contribution in [0.1, 0.15) is 36.8 Å². The molecular formula is C24H30FN7. The van der Waals surface area contributed by atoms with Gasteiger partial charge in [0.2, 0.25) is 0 Å². The van der Waals surface area contributed by atoms with Gasteiger partial charge in [-0.05, 0) is 32.4 Å². The molecule has 0 unspecified atom stereocenters. The van der Waals surface area contributed by atoms with E-state index in [9.17, 15) is 4.39 Å². The molecule has 0 bridgehead atoms. The zero-order valence-corrected chi connectivity index (χ0v) is 19.0. The highest BCUT2D eigenvalue weighted by Gasteiger charge is 2.22. The maximum absolute atomic E-state index is 14.4. The highest BCUT2D eigenvalue weighted by atomic mass is 19.1. The van der Waals surface area contributed by atoms with Gasteiger partial charge in [0.1, 0.15) is 0 Å². The largest absolute Gasteiger partial charge is 0.371 e. The van der Waals surface area contributed by atoms with Crippen LogP contribution >= 0.6 is 0 Å². The normalized spacial score (nSPS) is 18.4. The number of hydrogen-bond acceptors (Lipinski definition) is 5. The average molecular weight is 436 g/mol. The highest BCUT2D eigenvalue weighted by molar-refractivity contribution is 6.01. The lowest BCUT2D eigenvalue weighted by molar-refractivity contribution is 0.424. The number of nitrogens with zero attached hydrogens (tertiary/aromatic N) is 6. The molecular weight excluding hydrogens is 405 g/mol. The Bertz CT molecular complexity index is 1190. The molecule has 2 aromatic heterocycles. The lowest BCUT2D eigenvalue weighted by Crippen LogP contribution is -2.42. The van der Waals surface area contributed by atoms with Crippen molar-refractivity contribution in [2.75, 3.05) is 24.5 Å². The van der Waals surface area contributed by atoms with E-state index in [1.165, 1.54) is 11.8 Å². The fourth-order valence-electron chi connectivity index (χ4n) is 4.85. The predicted molar refractivity (Wildman–Crippen MR) is 127 cm³/mol. The number of fused-ring (bicyclic) bond motifs is 2. The van der Waals surface area contributed by atoms with E-state index in [0.717, 1.165) is 54.6 Å². The van der Waals surface area contributed by atoms with Gasteiger partial charge in [0.05, 0.1) is 30.0 Å². The van der Waals surface area contributed by atoms with E-state index in [-0.39, 0.29) is 5.83 Å². The summed E-state index contributed by atoms with van der Waals surface area (Å²) in [7, 11) is 1.96. The lowest BCUT2D eigenvalue weighted by atomic mass is 10.0. The van der Waals surface area contributed by atoms with Crippen molar-refractivity contribution in [3.63, 3.8) is 0 Å². The molecule has 0 radical (unpaired) electrons. The van der Waals surface area contributed by atoms with Crippen molar-refractivity contribution in [3.8, 4) is 0 Å². The number of imidazole rings is 1. The number of nitrogens with one attached hydrogen (secondary N) is 1. The number of hydrogen-bond donors (Lipinski definition) is 1. The molecule has 0 amide bonds. The number of rotatable bonds is 5. The van der Waals surface area contributed by atoms with Crippen LogP contribution in [0, 0.1) is 6.92 Å². The molecule has 5 rings (SSSR count). The molecule has 32 heavy (non-hydrogen) atoms. The minimum absolute atomic E-state index is 0.331. The topological polar surface area (TPSA) is 63.3 Å². The van der Waals surface area contributed by atoms with E-state index in [0.29, 0.717) is 30.7 Å². The van der Waals surface area contributed by atoms with Crippen molar-refractivity contribution in [2.45, 2.75) is 45.8 Å². The highest BCUT2D eigenvalue weighted by Crippen LogP contribution is 2.31. The number of aryl methyl sites for hydroxylation is 2. The molecule has 2 aliphatic heterocycles. The first kappa shape index (κ1) is 20.9. The predicted octanol–water partition coefficient (Wildman–Crippen LogP) is 3.62. The minimum Gasteiger partial charge on any atom is -0.371 e. The molecule has 2 aliphatic rings. The van der Waals surface area contributed by atoms with Gasteiger partial charge in [-0.2, -0.15) is 5.10 Å². The standard InChI is InChI=1S/C24H30FN7/c1-4-26-18-7-9-31(10-8-18)22-6-5-17(23-20(22)15-30(3)29-23)12-27-19-11-21(25)24-28-16(2)13-32(24)14-19/h5-6,11,13,15,18,26H,4,7-10,12,14H2,1-3H3/b27-19+. The SMILES string of the molecule is CCNC1CCN(c2ccc(C/N=C3\C=C(F)c4nc(C)cn4C3)c3nn(C)cc23)CC1. The number of aromatic nitrogens is 4. The first-order valence-corrected chi connectivity index (χ1v) is 11.4. The fraction of sp³-hybridized carbons (Fsp3) is 0.458. The van der Waals surface area contributed by atoms with Gasteiger partial charge in [0, 0.05) is 61.3 Å². The minimum atomic E-state index is -0.331. The van der Waals surface area contributed by atoms with Crippen molar-refractivity contribution in [3.05, 3.63) is 47.7 Å². The van der Waals surface area contributed by atoms with Crippen molar-refractivity contribution >= 4 is 28.1 Å². The number of allylic oxidation sites excluding steroid dienone is 1. The Morgan fingerprint density at radius 1 is 1.22 bits per heavy atom. The molecule has 168 valence electrons. The van der Waals surface area contributed by atoms with Gasteiger partial charge in [-0.3, -0.25) is 9.67 Å². The lowest BCUT2D eigenvalue weighted by Gasteiger charge is -2.34. The Morgan fingerprint density at radius 2 is 2.03 bits per heavy atom. The molecule has 1 saturated heterocycles. The second-order valence-corrected chi connectivity index (χ2v) is 8.76. The van der Waals surface area contributed by atoms with Gasteiger partial charge in [-0.15, -0.1) is 0 Å². The summed E-state index contributed by atoms with van der Waals surface area (Å²) in [5.41, 5.74) is 4.79. The third kappa shape index (κ3) is 3.95. The van der Waals surface area contributed by atoms with Crippen LogP contribution in [0.3, 0.4) is 0 Å². The number of anilines is 1. The molecule has 7 nitrogen and oxygen atoms in total. The van der Waals surface area contributed by atoms with Crippen molar-refractivity contribution in [2.24, 2.45) is 12.0 Å². The molecule has 0 atom stereocenters. The van der Waals surface area contributed by atoms with Crippen LogP contribution in [0.25, 0.3) is 16.7 Å². The first-order valence-electron chi connectivity index (χ1n) is 11.4. The third-order valence-electron chi connectivity index (χ3n) is 6.37. The van der Waals surface area contributed by atoms with Gasteiger partial charge in [0.25, 0.3) is 0 Å². The van der Waals surface area contributed by atoms with Crippen LogP contribution in [-0.4, -0.2) is 50.7 Å². The maximum Gasteiger partial charge on any atom is 0.169 e. The van der Waals surface area contributed by atoms with Gasteiger partial charge in [-0.25, -0.2) is 9.37 Å². The zero-order chi connectivity index (χ0) is 22.2. The molecule has 1 fully saturated rings. The fourth-order valence-corrected chi connectivity index (χ4v) is 4.85. The number of piperidine rings is 1. The molecule has 3 aromatic rings. The molecule has 1 N–H and O–H groups in total. The van der Waals surface area contributed by atoms with Gasteiger partial charge in [-0.1, -0.05) is 13.0 Å². The second kappa shape index (κ2) is 8.50. The summed E-state index contributed by atoms with van der Waals surface area (Å²) in [5, 5.41) is 9.46. The number of aliphatic imine (C=N–C) groups is 1. The first-order chi connectivity index (χ1) is 15.5. The monoisotopic (exact) mass is 435 g/mol. The van der Waals surface area contributed by atoms with Crippen LogP contribution in [0.15, 0.2) is 35.6 Å². The number of benzene rings is 1. The summed E-state index contributed by atoms with van der Waals surface area (Å²) in [4.78, 5) is 11.4. The Labute approximate surface area is 187 Å². The Kier molecular flexibility index (Phi) is 5.55. The quantitative estimate of drug-likeness (QED) is 0.665. The van der Waals surface area contributed by atoms with Gasteiger partial charge in [0.15, 0.2) is 11.7 Å². The average Bonchev–Trinajstić information content (AvgIpc) is 3.35. The summed E-state index contributed by atoms with van der Waals surface area (Å²) >= 11 is 0. The van der Waals surface area contributed by atoms with E-state index in [1.807, 2.05) is 29.4 Å². The van der Waals surface area contributed by atoms with E-state index >= 15 is 0 Å². The maximum atomic E-state index is 14.4. The smallest absolute Gasteiger partial charge is 0.169 e. The van der Waals surface area contributed by atoms with Crippen LogP contribution in [0.4, 0.5) is 10.1 Å². The van der Waals surface area contributed by atoms with Gasteiger partial charge < -0.3 is 14.8 Å². The molecule has 1 aromatic carbocycles. The summed E-state index contributed by atoms with van der Waals surface area (Å²) in [6.45, 7) is 8.15. The number of halogens is 1. The van der Waals surface area contributed by atoms with E-state index in [1.54, 1.807) is 0 Å². The summed E-state index contributed by atoms with van der Waals surface area (Å²) in [6, 6.07) is 4.93. The van der Waals surface area contributed by atoms with E-state index < -0.39 is 0 Å². The van der Waals surface area contributed by atoms with Crippen molar-refractivity contribution < 1.29 is 4.39 Å². The Morgan fingerprint density at radius 3 is 2.81 bits per heavy atom. The molecule has 4 heterocycles. The molecule has 0 aliphatic carbocycles. The van der Waals surface area contributed by atoms with Crippen LogP contribution in [0.2, 0.25) is 0 Å². The van der Waals surface area contributed by atoms with Crippen LogP contribution < -0.4 is 10.2 Å². The van der Waals surface area contributed by atoms with Crippen molar-refractivity contribution in [1.82, 2.24) is 24.6 Å². The van der Waals surface area contributed by atoms with Gasteiger partial charge >= 0.3 is 0 Å². The summed E-state index contributed by atoms with van der Waals surface area (Å²) < 4.78 is 18.1. The summed E-state index contributed by atoms with van der Waals surface area (Å²) in [6.07, 6.45) is 7.76. The Hall–Kier alpha value is -3.00. The third-order valence-corrected chi connectivity index (χ3v) is 6.37. The van der Waals surface area contributed by atoms with Crippen LogP contribution in [-0.2, 0) is 20.1 Å². The molecule has 0 saturated carbocycles.